The number of ether oxygens (including phenoxy) is 1. The summed E-state index contributed by atoms with van der Waals surface area (Å²) >= 11 is 0. The van der Waals surface area contributed by atoms with Gasteiger partial charge in [0.05, 0.1) is 0 Å². The zero-order valence-electron chi connectivity index (χ0n) is 8.43. The van der Waals surface area contributed by atoms with Crippen LogP contribution in [-0.2, 0) is 10.3 Å². The van der Waals surface area contributed by atoms with Gasteiger partial charge in [-0.15, -0.1) is 0 Å². The molecule has 0 fully saturated rings. The first-order valence-corrected chi connectivity index (χ1v) is 4.55. The lowest BCUT2D eigenvalue weighted by atomic mass is 9.94. The molecule has 0 aromatic heterocycles. The fourth-order valence-electron chi connectivity index (χ4n) is 1.54. The Morgan fingerprint density at radius 1 is 1.31 bits per heavy atom. The third-order valence-electron chi connectivity index (χ3n) is 2.46. The minimum absolute atomic E-state index is 0.0485. The summed E-state index contributed by atoms with van der Waals surface area (Å²) in [5, 5.41) is 0. The molecule has 6 heteroatoms. The fourth-order valence-corrected chi connectivity index (χ4v) is 1.54. The van der Waals surface area contributed by atoms with Crippen molar-refractivity contribution in [2.24, 2.45) is 10.7 Å². The number of nitrogens with zero attached hydrogens (tertiary/aromatic N) is 1. The number of hydrogen-bond acceptors (Lipinski definition) is 3. The topological polar surface area (TPSA) is 47.6 Å². The second kappa shape index (κ2) is 3.40. The molecular formula is C10H9F3N2O. The molecule has 0 unspecified atom stereocenters. The largest absolute Gasteiger partial charge is 0.462 e. The summed E-state index contributed by atoms with van der Waals surface area (Å²) in [5.74, 6) is -4.00. The third-order valence-corrected chi connectivity index (χ3v) is 2.46. The normalized spacial score (nSPS) is 24.1. The first kappa shape index (κ1) is 10.8. The number of halogens is 3. The Balaban J connectivity index is 2.50. The van der Waals surface area contributed by atoms with Crippen LogP contribution >= 0.6 is 0 Å². The number of amidine groups is 1. The summed E-state index contributed by atoms with van der Waals surface area (Å²) in [6.07, 6.45) is 0. The van der Waals surface area contributed by atoms with E-state index in [1.54, 1.807) is 6.92 Å². The molecule has 1 atom stereocenters. The van der Waals surface area contributed by atoms with Gasteiger partial charge in [0.15, 0.2) is 17.5 Å². The van der Waals surface area contributed by atoms with Crippen molar-refractivity contribution >= 4 is 6.02 Å². The van der Waals surface area contributed by atoms with E-state index < -0.39 is 23.0 Å². The Morgan fingerprint density at radius 3 is 2.31 bits per heavy atom. The van der Waals surface area contributed by atoms with Crippen molar-refractivity contribution in [3.63, 3.8) is 0 Å². The van der Waals surface area contributed by atoms with Crippen LogP contribution in [0.4, 0.5) is 13.2 Å². The van der Waals surface area contributed by atoms with Gasteiger partial charge in [-0.25, -0.2) is 18.2 Å². The first-order valence-electron chi connectivity index (χ1n) is 4.55. The molecule has 2 rings (SSSR count). The predicted octanol–water partition coefficient (Wildman–Crippen LogP) is 1.66. The molecule has 0 amide bonds. The summed E-state index contributed by atoms with van der Waals surface area (Å²) in [6, 6.07) is 1.74. The van der Waals surface area contributed by atoms with Crippen LogP contribution in [-0.4, -0.2) is 12.6 Å². The third kappa shape index (κ3) is 1.60. The van der Waals surface area contributed by atoms with Gasteiger partial charge in [0.25, 0.3) is 6.02 Å². The number of nitrogens with two attached hydrogens (primary N) is 1. The molecule has 0 aliphatic carbocycles. The molecule has 1 aliphatic rings. The van der Waals surface area contributed by atoms with Crippen molar-refractivity contribution in [2.45, 2.75) is 12.5 Å². The lowest BCUT2D eigenvalue weighted by Crippen LogP contribution is -2.21. The monoisotopic (exact) mass is 230 g/mol. The van der Waals surface area contributed by atoms with E-state index in [0.717, 1.165) is 12.1 Å². The fraction of sp³-hybridized carbons (Fsp3) is 0.300. The van der Waals surface area contributed by atoms with Crippen molar-refractivity contribution in [3.05, 3.63) is 35.1 Å². The van der Waals surface area contributed by atoms with E-state index in [2.05, 4.69) is 4.99 Å². The minimum Gasteiger partial charge on any atom is -0.462 e. The average molecular weight is 230 g/mol. The van der Waals surface area contributed by atoms with Gasteiger partial charge >= 0.3 is 0 Å². The summed E-state index contributed by atoms with van der Waals surface area (Å²) in [6.45, 7) is 1.67. The highest BCUT2D eigenvalue weighted by Crippen LogP contribution is 2.31. The molecule has 0 saturated heterocycles. The number of hydrogen-bond donors (Lipinski definition) is 1. The quantitative estimate of drug-likeness (QED) is 0.746. The van der Waals surface area contributed by atoms with Gasteiger partial charge in [-0.1, -0.05) is 0 Å². The van der Waals surface area contributed by atoms with Gasteiger partial charge in [-0.2, -0.15) is 0 Å². The van der Waals surface area contributed by atoms with Gasteiger partial charge in [0.2, 0.25) is 0 Å². The number of rotatable bonds is 1. The zero-order chi connectivity index (χ0) is 11.9. The molecule has 86 valence electrons. The average Bonchev–Trinajstić information content (AvgIpc) is 2.56. The van der Waals surface area contributed by atoms with Crippen LogP contribution < -0.4 is 5.73 Å². The van der Waals surface area contributed by atoms with Crippen molar-refractivity contribution < 1.29 is 17.9 Å². The van der Waals surface area contributed by atoms with E-state index in [4.69, 9.17) is 10.5 Å². The Hall–Kier alpha value is -1.72. The van der Waals surface area contributed by atoms with Gasteiger partial charge in [0, 0.05) is 0 Å². The second-order valence-electron chi connectivity index (χ2n) is 3.77. The van der Waals surface area contributed by atoms with Crippen molar-refractivity contribution in [1.29, 1.82) is 0 Å². The molecule has 1 heterocycles. The smallest absolute Gasteiger partial charge is 0.283 e. The molecule has 1 aromatic rings. The predicted molar refractivity (Wildman–Crippen MR) is 51.2 cm³/mol. The minimum atomic E-state index is -1.50. The molecule has 1 aromatic carbocycles. The van der Waals surface area contributed by atoms with Crippen LogP contribution in [0.25, 0.3) is 0 Å². The van der Waals surface area contributed by atoms with Crippen LogP contribution in [0.2, 0.25) is 0 Å². The molecule has 0 spiro atoms. The Labute approximate surface area is 89.7 Å². The van der Waals surface area contributed by atoms with Crippen LogP contribution in [0.15, 0.2) is 17.1 Å². The van der Waals surface area contributed by atoms with E-state index in [1.165, 1.54) is 0 Å². The second-order valence-corrected chi connectivity index (χ2v) is 3.77. The SMILES string of the molecule is C[C@@]1(c2cc(F)c(F)c(F)c2)COC(N)=N1. The molecular weight excluding hydrogens is 221 g/mol. The molecule has 1 aliphatic heterocycles. The standard InChI is InChI=1S/C10H9F3N2O/c1-10(4-16-9(14)15-10)5-2-6(11)8(13)7(12)3-5/h2-3H,4H2,1H3,(H2,14,15)/t10-/m0/s1. The van der Waals surface area contributed by atoms with E-state index in [-0.39, 0.29) is 18.2 Å². The molecule has 16 heavy (non-hydrogen) atoms. The highest BCUT2D eigenvalue weighted by atomic mass is 19.2. The molecule has 0 radical (unpaired) electrons. The molecule has 0 saturated carbocycles. The van der Waals surface area contributed by atoms with Crippen LogP contribution in [0.5, 0.6) is 0 Å². The molecule has 0 bridgehead atoms. The maximum atomic E-state index is 13.0. The van der Waals surface area contributed by atoms with Crippen LogP contribution in [0.3, 0.4) is 0 Å². The highest BCUT2D eigenvalue weighted by molar-refractivity contribution is 5.74. The first-order chi connectivity index (χ1) is 7.42. The number of benzene rings is 1. The van der Waals surface area contributed by atoms with E-state index in [0.29, 0.717) is 0 Å². The van der Waals surface area contributed by atoms with Crippen molar-refractivity contribution in [1.82, 2.24) is 0 Å². The Bertz CT molecular complexity index is 452. The lowest BCUT2D eigenvalue weighted by Gasteiger charge is -2.18. The summed E-state index contributed by atoms with van der Waals surface area (Å²) < 4.78 is 43.7. The van der Waals surface area contributed by atoms with E-state index >= 15 is 0 Å². The lowest BCUT2D eigenvalue weighted by molar-refractivity contribution is 0.265. The summed E-state index contributed by atoms with van der Waals surface area (Å²) in [7, 11) is 0. The van der Waals surface area contributed by atoms with Gasteiger partial charge < -0.3 is 10.5 Å². The van der Waals surface area contributed by atoms with Crippen LogP contribution in [0, 0.1) is 17.5 Å². The Morgan fingerprint density at radius 2 is 1.88 bits per heavy atom. The number of aliphatic imine (C=N–C) groups is 1. The van der Waals surface area contributed by atoms with E-state index in [9.17, 15) is 13.2 Å². The van der Waals surface area contributed by atoms with Crippen molar-refractivity contribution in [2.75, 3.05) is 6.61 Å². The summed E-state index contributed by atoms with van der Waals surface area (Å²) in [4.78, 5) is 3.92. The summed E-state index contributed by atoms with van der Waals surface area (Å²) in [5.41, 5.74) is 4.53. The maximum absolute atomic E-state index is 13.0. The van der Waals surface area contributed by atoms with Gasteiger partial charge in [-0.05, 0) is 24.6 Å². The molecule has 2 N–H and O–H groups in total. The maximum Gasteiger partial charge on any atom is 0.283 e. The Kier molecular flexibility index (Phi) is 2.29. The van der Waals surface area contributed by atoms with Gasteiger partial charge in [0.1, 0.15) is 12.1 Å². The zero-order valence-corrected chi connectivity index (χ0v) is 8.43. The van der Waals surface area contributed by atoms with Crippen LogP contribution in [0.1, 0.15) is 12.5 Å². The molecule has 3 nitrogen and oxygen atoms in total. The highest BCUT2D eigenvalue weighted by Gasteiger charge is 2.34. The van der Waals surface area contributed by atoms with E-state index in [1.807, 2.05) is 0 Å². The van der Waals surface area contributed by atoms with Gasteiger partial charge in [-0.3, -0.25) is 0 Å². The van der Waals surface area contributed by atoms with Crippen molar-refractivity contribution in [3.8, 4) is 0 Å².